The first-order valence-electron chi connectivity index (χ1n) is 8.26. The number of hydrogen-bond acceptors (Lipinski definition) is 4. The van der Waals surface area contributed by atoms with E-state index in [0.717, 1.165) is 20.3 Å². The lowest BCUT2D eigenvalue weighted by Crippen LogP contribution is -2.20. The molecule has 6 heteroatoms. The summed E-state index contributed by atoms with van der Waals surface area (Å²) in [6.07, 6.45) is 7.08. The zero-order valence-corrected chi connectivity index (χ0v) is 17.7. The van der Waals surface area contributed by atoms with Gasteiger partial charge < -0.3 is 9.47 Å². The second kappa shape index (κ2) is 9.97. The van der Waals surface area contributed by atoms with Gasteiger partial charge in [-0.1, -0.05) is 29.7 Å². The van der Waals surface area contributed by atoms with Crippen LogP contribution in [-0.4, -0.2) is 25.8 Å². The number of benzene rings is 2. The third kappa shape index (κ3) is 6.00. The average molecular weight is 476 g/mol. The highest BCUT2D eigenvalue weighted by Gasteiger charge is 2.11. The lowest BCUT2D eigenvalue weighted by atomic mass is 10.0. The van der Waals surface area contributed by atoms with E-state index in [0.29, 0.717) is 11.5 Å². The van der Waals surface area contributed by atoms with Crippen LogP contribution in [0.15, 0.2) is 35.4 Å². The predicted octanol–water partition coefficient (Wildman–Crippen LogP) is 3.62. The van der Waals surface area contributed by atoms with Crippen molar-refractivity contribution in [3.8, 4) is 23.8 Å². The number of terminal acetylenes is 1. The summed E-state index contributed by atoms with van der Waals surface area (Å²) in [5.74, 6) is 3.40. The van der Waals surface area contributed by atoms with Crippen molar-refractivity contribution in [1.29, 1.82) is 0 Å². The van der Waals surface area contributed by atoms with E-state index in [2.05, 4.69) is 45.1 Å². The van der Waals surface area contributed by atoms with Crippen LogP contribution in [0.4, 0.5) is 0 Å². The molecular formula is C21H21IN2O3. The number of nitrogens with one attached hydrogen (secondary N) is 1. The van der Waals surface area contributed by atoms with E-state index in [1.54, 1.807) is 19.4 Å². The Hall–Kier alpha value is -2.53. The quantitative estimate of drug-likeness (QED) is 0.288. The molecule has 5 nitrogen and oxygen atoms in total. The van der Waals surface area contributed by atoms with Crippen LogP contribution < -0.4 is 14.9 Å². The molecule has 0 aliphatic heterocycles. The summed E-state index contributed by atoms with van der Waals surface area (Å²) in [4.78, 5) is 12.1. The van der Waals surface area contributed by atoms with E-state index in [9.17, 15) is 4.79 Å². The van der Waals surface area contributed by atoms with Crippen molar-refractivity contribution >= 4 is 34.7 Å². The molecule has 0 radical (unpaired) electrons. The van der Waals surface area contributed by atoms with E-state index in [-0.39, 0.29) is 18.9 Å². The summed E-state index contributed by atoms with van der Waals surface area (Å²) >= 11 is 2.14. The third-order valence-corrected chi connectivity index (χ3v) is 4.60. The highest BCUT2D eigenvalue weighted by molar-refractivity contribution is 14.1. The Kier molecular flexibility index (Phi) is 7.67. The lowest BCUT2D eigenvalue weighted by molar-refractivity contribution is -0.120. The molecule has 0 fully saturated rings. The highest BCUT2D eigenvalue weighted by Crippen LogP contribution is 2.33. The van der Waals surface area contributed by atoms with Gasteiger partial charge in [-0.3, -0.25) is 4.79 Å². The number of amides is 1. The molecular weight excluding hydrogens is 455 g/mol. The molecule has 1 N–H and O–H groups in total. The molecule has 140 valence electrons. The topological polar surface area (TPSA) is 59.9 Å². The number of carbonyl (C=O) groups is 1. The molecule has 27 heavy (non-hydrogen) atoms. The molecule has 0 spiro atoms. The van der Waals surface area contributed by atoms with E-state index in [1.807, 2.05) is 32.0 Å². The van der Waals surface area contributed by atoms with E-state index in [1.165, 1.54) is 5.56 Å². The summed E-state index contributed by atoms with van der Waals surface area (Å²) in [6.45, 7) is 4.19. The highest BCUT2D eigenvalue weighted by atomic mass is 127. The lowest BCUT2D eigenvalue weighted by Gasteiger charge is -2.11. The Morgan fingerprint density at radius 3 is 2.78 bits per heavy atom. The molecule has 0 aliphatic carbocycles. The van der Waals surface area contributed by atoms with Gasteiger partial charge in [0.05, 0.1) is 23.3 Å². The zero-order valence-electron chi connectivity index (χ0n) is 15.5. The summed E-state index contributed by atoms with van der Waals surface area (Å²) in [7, 11) is 1.56. The molecule has 1 amide bonds. The number of aryl methyl sites for hydroxylation is 2. The van der Waals surface area contributed by atoms with Gasteiger partial charge in [-0.15, -0.1) is 6.42 Å². The molecule has 0 unspecified atom stereocenters. The maximum Gasteiger partial charge on any atom is 0.244 e. The molecule has 2 aromatic carbocycles. The molecule has 0 aromatic heterocycles. The van der Waals surface area contributed by atoms with Crippen LogP contribution >= 0.6 is 22.6 Å². The Balaban J connectivity index is 2.04. The number of rotatable bonds is 7. The molecule has 0 saturated carbocycles. The number of methoxy groups -OCH3 is 1. The standard InChI is InChI=1S/C21H21IN2O3/c1-5-8-27-21-18(22)10-16(11-19(21)26-4)13-23-24-20(25)12-17-7-6-14(2)9-15(17)3/h1,6-7,9-11,13H,8,12H2,2-4H3,(H,24,25)/b23-13+. The molecule has 2 rings (SSSR count). The van der Waals surface area contributed by atoms with Crippen LogP contribution in [-0.2, 0) is 11.2 Å². The van der Waals surface area contributed by atoms with Crippen molar-refractivity contribution in [3.63, 3.8) is 0 Å². The number of ether oxygens (including phenoxy) is 2. The Bertz CT molecular complexity index is 901. The summed E-state index contributed by atoms with van der Waals surface area (Å²) in [6, 6.07) is 9.67. The second-order valence-electron chi connectivity index (χ2n) is 5.93. The normalized spacial score (nSPS) is 10.5. The van der Waals surface area contributed by atoms with Crippen LogP contribution in [0.25, 0.3) is 0 Å². The van der Waals surface area contributed by atoms with Crippen molar-refractivity contribution in [1.82, 2.24) is 5.43 Å². The minimum Gasteiger partial charge on any atom is -0.493 e. The average Bonchev–Trinajstić information content (AvgIpc) is 2.63. The maximum absolute atomic E-state index is 12.1. The van der Waals surface area contributed by atoms with Gasteiger partial charge in [-0.2, -0.15) is 5.10 Å². The molecule has 0 saturated heterocycles. The number of hydrogen-bond donors (Lipinski definition) is 1. The molecule has 0 heterocycles. The fraction of sp³-hybridized carbons (Fsp3) is 0.238. The van der Waals surface area contributed by atoms with Gasteiger partial charge in [-0.05, 0) is 65.3 Å². The van der Waals surface area contributed by atoms with Gasteiger partial charge in [0.25, 0.3) is 0 Å². The van der Waals surface area contributed by atoms with Crippen molar-refractivity contribution in [2.75, 3.05) is 13.7 Å². The van der Waals surface area contributed by atoms with Crippen LogP contribution in [0.5, 0.6) is 11.5 Å². The summed E-state index contributed by atoms with van der Waals surface area (Å²) in [5.41, 5.74) is 6.58. The van der Waals surface area contributed by atoms with Crippen LogP contribution in [0, 0.1) is 29.8 Å². The minimum atomic E-state index is -0.172. The van der Waals surface area contributed by atoms with Gasteiger partial charge in [0.2, 0.25) is 5.91 Å². The summed E-state index contributed by atoms with van der Waals surface area (Å²) in [5, 5.41) is 4.04. The fourth-order valence-corrected chi connectivity index (χ4v) is 3.28. The van der Waals surface area contributed by atoms with Gasteiger partial charge >= 0.3 is 0 Å². The smallest absolute Gasteiger partial charge is 0.244 e. The van der Waals surface area contributed by atoms with Crippen LogP contribution in [0.1, 0.15) is 22.3 Å². The monoisotopic (exact) mass is 476 g/mol. The van der Waals surface area contributed by atoms with Gasteiger partial charge in [0.15, 0.2) is 11.5 Å². The SMILES string of the molecule is C#CCOc1c(I)cc(/C=N/NC(=O)Cc2ccc(C)cc2C)cc1OC. The predicted molar refractivity (Wildman–Crippen MR) is 115 cm³/mol. The number of nitrogens with zero attached hydrogens (tertiary/aromatic N) is 1. The van der Waals surface area contributed by atoms with Crippen LogP contribution in [0.2, 0.25) is 0 Å². The van der Waals surface area contributed by atoms with Gasteiger partial charge in [0.1, 0.15) is 6.61 Å². The van der Waals surface area contributed by atoms with E-state index in [4.69, 9.17) is 15.9 Å². The molecule has 2 aromatic rings. The van der Waals surface area contributed by atoms with Gasteiger partial charge in [0, 0.05) is 0 Å². The first-order valence-corrected chi connectivity index (χ1v) is 9.34. The zero-order chi connectivity index (χ0) is 19.8. The Labute approximate surface area is 173 Å². The first-order chi connectivity index (χ1) is 12.9. The maximum atomic E-state index is 12.1. The second-order valence-corrected chi connectivity index (χ2v) is 7.09. The largest absolute Gasteiger partial charge is 0.493 e. The number of carbonyl (C=O) groups excluding carboxylic acids is 1. The van der Waals surface area contributed by atoms with E-state index < -0.39 is 0 Å². The Morgan fingerprint density at radius 2 is 2.11 bits per heavy atom. The molecule has 0 aliphatic rings. The number of hydrazone groups is 1. The van der Waals surface area contributed by atoms with E-state index >= 15 is 0 Å². The van der Waals surface area contributed by atoms with Crippen molar-refractivity contribution in [2.45, 2.75) is 20.3 Å². The molecule has 0 atom stereocenters. The van der Waals surface area contributed by atoms with Crippen molar-refractivity contribution in [2.24, 2.45) is 5.10 Å². The van der Waals surface area contributed by atoms with Crippen LogP contribution in [0.3, 0.4) is 0 Å². The summed E-state index contributed by atoms with van der Waals surface area (Å²) < 4.78 is 11.7. The third-order valence-electron chi connectivity index (χ3n) is 3.80. The molecule has 0 bridgehead atoms. The van der Waals surface area contributed by atoms with Gasteiger partial charge in [-0.25, -0.2) is 5.43 Å². The minimum absolute atomic E-state index is 0.161. The van der Waals surface area contributed by atoms with Crippen molar-refractivity contribution in [3.05, 3.63) is 56.2 Å². The van der Waals surface area contributed by atoms with Crippen molar-refractivity contribution < 1.29 is 14.3 Å². The Morgan fingerprint density at radius 1 is 1.33 bits per heavy atom. The fourth-order valence-electron chi connectivity index (χ4n) is 2.50. The number of halogens is 1. The first kappa shape index (κ1) is 20.8.